The molecule has 2 heterocycles. The highest BCUT2D eigenvalue weighted by Gasteiger charge is 2.33. The number of para-hydroxylation sites is 1. The van der Waals surface area contributed by atoms with E-state index < -0.39 is 5.60 Å². The Balaban J connectivity index is 1.21. The van der Waals surface area contributed by atoms with E-state index in [0.717, 1.165) is 68.7 Å². The molecule has 0 bridgehead atoms. The van der Waals surface area contributed by atoms with Gasteiger partial charge in [-0.2, -0.15) is 0 Å². The van der Waals surface area contributed by atoms with Crippen molar-refractivity contribution in [1.29, 1.82) is 0 Å². The summed E-state index contributed by atoms with van der Waals surface area (Å²) >= 11 is 0. The first-order chi connectivity index (χ1) is 14.1. The molecule has 0 aromatic heterocycles. The molecule has 0 aliphatic carbocycles. The van der Waals surface area contributed by atoms with E-state index in [0.29, 0.717) is 6.54 Å². The molecule has 2 aliphatic rings. The fraction of sp³-hybridized carbons (Fsp3) is 0.458. The molecular formula is C24H30N2O3. The zero-order chi connectivity index (χ0) is 20.1. The second-order valence-corrected chi connectivity index (χ2v) is 8.16. The van der Waals surface area contributed by atoms with Crippen molar-refractivity contribution in [3.05, 3.63) is 65.7 Å². The molecular weight excluding hydrogens is 364 g/mol. The van der Waals surface area contributed by atoms with Gasteiger partial charge in [0.25, 0.3) is 5.91 Å². The molecule has 0 spiro atoms. The monoisotopic (exact) mass is 394 g/mol. The molecule has 0 atom stereocenters. The first-order valence-corrected chi connectivity index (χ1v) is 10.6. The maximum absolute atomic E-state index is 12.3. The summed E-state index contributed by atoms with van der Waals surface area (Å²) in [4.78, 5) is 16.7. The number of piperidine rings is 1. The largest absolute Gasteiger partial charge is 0.483 e. The first kappa shape index (κ1) is 19.9. The molecule has 1 fully saturated rings. The number of benzene rings is 2. The van der Waals surface area contributed by atoms with Crippen molar-refractivity contribution < 1.29 is 14.6 Å². The Morgan fingerprint density at radius 1 is 0.931 bits per heavy atom. The molecule has 1 N–H and O–H groups in total. The minimum Gasteiger partial charge on any atom is -0.483 e. The Morgan fingerprint density at radius 2 is 1.62 bits per heavy atom. The molecule has 0 unspecified atom stereocenters. The molecule has 2 aromatic carbocycles. The number of nitrogens with zero attached hydrogens (tertiary/aromatic N) is 2. The van der Waals surface area contributed by atoms with Crippen LogP contribution in [-0.2, 0) is 16.9 Å². The molecule has 29 heavy (non-hydrogen) atoms. The molecule has 0 radical (unpaired) electrons. The van der Waals surface area contributed by atoms with E-state index in [1.807, 2.05) is 59.5 Å². The number of ether oxygens (including phenoxy) is 1. The van der Waals surface area contributed by atoms with Gasteiger partial charge in [0.05, 0.1) is 5.60 Å². The van der Waals surface area contributed by atoms with E-state index in [2.05, 4.69) is 4.90 Å². The molecule has 1 amide bonds. The second-order valence-electron chi connectivity index (χ2n) is 8.16. The van der Waals surface area contributed by atoms with E-state index in [4.69, 9.17) is 4.74 Å². The number of carbonyl (C=O) groups is 1. The van der Waals surface area contributed by atoms with Crippen LogP contribution in [0.15, 0.2) is 54.6 Å². The van der Waals surface area contributed by atoms with Crippen LogP contribution in [0.1, 0.15) is 36.8 Å². The SMILES string of the molecule is O=C1COc2ccccc2CN1CCCCN1CCC(O)(c2ccccc2)CC1. The standard InChI is InChI=1S/C24H30N2O3/c27-23-19-29-22-11-5-4-8-20(22)18-26(23)15-7-6-14-25-16-12-24(28,13-17-25)21-9-2-1-3-10-21/h1-5,8-11,28H,6-7,12-19H2. The minimum atomic E-state index is -0.691. The maximum atomic E-state index is 12.3. The summed E-state index contributed by atoms with van der Waals surface area (Å²) in [6, 6.07) is 17.9. The van der Waals surface area contributed by atoms with Crippen LogP contribution in [0.3, 0.4) is 0 Å². The number of unbranched alkanes of at least 4 members (excludes halogenated alkanes) is 1. The van der Waals surface area contributed by atoms with Crippen LogP contribution < -0.4 is 4.74 Å². The zero-order valence-electron chi connectivity index (χ0n) is 16.9. The lowest BCUT2D eigenvalue weighted by Crippen LogP contribution is -2.43. The molecule has 5 nitrogen and oxygen atoms in total. The lowest BCUT2D eigenvalue weighted by molar-refractivity contribution is -0.133. The van der Waals surface area contributed by atoms with Crippen molar-refractivity contribution in [1.82, 2.24) is 9.80 Å². The summed E-state index contributed by atoms with van der Waals surface area (Å²) in [7, 11) is 0. The highest BCUT2D eigenvalue weighted by atomic mass is 16.5. The third-order valence-electron chi connectivity index (χ3n) is 6.18. The van der Waals surface area contributed by atoms with Crippen molar-refractivity contribution in [2.24, 2.45) is 0 Å². The van der Waals surface area contributed by atoms with Crippen LogP contribution in [0.4, 0.5) is 0 Å². The van der Waals surface area contributed by atoms with Gasteiger partial charge in [-0.25, -0.2) is 0 Å². The highest BCUT2D eigenvalue weighted by molar-refractivity contribution is 5.78. The molecule has 2 aliphatic heterocycles. The van der Waals surface area contributed by atoms with Crippen molar-refractivity contribution in [2.45, 2.75) is 37.8 Å². The molecule has 154 valence electrons. The number of amides is 1. The third-order valence-corrected chi connectivity index (χ3v) is 6.18. The highest BCUT2D eigenvalue weighted by Crippen LogP contribution is 2.32. The summed E-state index contributed by atoms with van der Waals surface area (Å²) in [5.41, 5.74) is 1.42. The third kappa shape index (κ3) is 4.80. The van der Waals surface area contributed by atoms with Gasteiger partial charge < -0.3 is 19.6 Å². The van der Waals surface area contributed by atoms with Gasteiger partial charge in [0.15, 0.2) is 6.61 Å². The Kier molecular flexibility index (Phi) is 6.16. The molecule has 0 saturated carbocycles. The van der Waals surface area contributed by atoms with Gasteiger partial charge >= 0.3 is 0 Å². The zero-order valence-corrected chi connectivity index (χ0v) is 16.9. The van der Waals surface area contributed by atoms with Crippen molar-refractivity contribution in [2.75, 3.05) is 32.8 Å². The number of rotatable bonds is 6. The van der Waals surface area contributed by atoms with Crippen molar-refractivity contribution in [3.8, 4) is 5.75 Å². The van der Waals surface area contributed by atoms with Crippen LogP contribution in [-0.4, -0.2) is 53.6 Å². The van der Waals surface area contributed by atoms with Crippen LogP contribution in [0.2, 0.25) is 0 Å². The summed E-state index contributed by atoms with van der Waals surface area (Å²) in [6.07, 6.45) is 3.58. The predicted octanol–water partition coefficient (Wildman–Crippen LogP) is 3.17. The van der Waals surface area contributed by atoms with Crippen molar-refractivity contribution in [3.63, 3.8) is 0 Å². The van der Waals surface area contributed by atoms with Gasteiger partial charge in [-0.15, -0.1) is 0 Å². The van der Waals surface area contributed by atoms with Crippen LogP contribution in [0, 0.1) is 0 Å². The molecule has 1 saturated heterocycles. The van der Waals surface area contributed by atoms with E-state index in [9.17, 15) is 9.90 Å². The number of fused-ring (bicyclic) bond motifs is 1. The summed E-state index contributed by atoms with van der Waals surface area (Å²) in [5, 5.41) is 11.0. The Bertz CT molecular complexity index is 816. The normalized spacial score (nSPS) is 19.3. The van der Waals surface area contributed by atoms with E-state index in [-0.39, 0.29) is 12.5 Å². The van der Waals surface area contributed by atoms with E-state index in [1.165, 1.54) is 0 Å². The summed E-state index contributed by atoms with van der Waals surface area (Å²) < 4.78 is 5.63. The van der Waals surface area contributed by atoms with E-state index >= 15 is 0 Å². The molecule has 5 heteroatoms. The van der Waals surface area contributed by atoms with E-state index in [1.54, 1.807) is 0 Å². The molecule has 2 aromatic rings. The lowest BCUT2D eigenvalue weighted by atomic mass is 9.84. The maximum Gasteiger partial charge on any atom is 0.260 e. The Labute approximate surface area is 172 Å². The van der Waals surface area contributed by atoms with Crippen LogP contribution >= 0.6 is 0 Å². The van der Waals surface area contributed by atoms with Gasteiger partial charge in [0.1, 0.15) is 5.75 Å². The second kappa shape index (κ2) is 8.97. The van der Waals surface area contributed by atoms with Gasteiger partial charge in [0, 0.05) is 31.7 Å². The quantitative estimate of drug-likeness (QED) is 0.765. The van der Waals surface area contributed by atoms with Crippen molar-refractivity contribution >= 4 is 5.91 Å². The fourth-order valence-corrected chi connectivity index (χ4v) is 4.33. The number of aliphatic hydroxyl groups is 1. The fourth-order valence-electron chi connectivity index (χ4n) is 4.33. The number of hydrogen-bond donors (Lipinski definition) is 1. The summed E-state index contributed by atoms with van der Waals surface area (Å²) in [6.45, 7) is 4.35. The smallest absolute Gasteiger partial charge is 0.260 e. The van der Waals surface area contributed by atoms with Gasteiger partial charge in [0.2, 0.25) is 0 Å². The molecule has 4 rings (SSSR count). The lowest BCUT2D eigenvalue weighted by Gasteiger charge is -2.38. The number of carbonyl (C=O) groups excluding carboxylic acids is 1. The number of hydrogen-bond acceptors (Lipinski definition) is 4. The Hall–Kier alpha value is -2.37. The summed E-state index contributed by atoms with van der Waals surface area (Å²) in [5.74, 6) is 0.884. The predicted molar refractivity (Wildman–Crippen MR) is 113 cm³/mol. The van der Waals surface area contributed by atoms with Gasteiger partial charge in [-0.3, -0.25) is 4.79 Å². The van der Waals surface area contributed by atoms with Gasteiger partial charge in [-0.1, -0.05) is 48.5 Å². The topological polar surface area (TPSA) is 53.0 Å². The Morgan fingerprint density at radius 3 is 2.41 bits per heavy atom. The minimum absolute atomic E-state index is 0.0621. The average Bonchev–Trinajstić information content (AvgIpc) is 2.92. The van der Waals surface area contributed by atoms with Crippen LogP contribution in [0.25, 0.3) is 0 Å². The van der Waals surface area contributed by atoms with Gasteiger partial charge in [-0.05, 0) is 43.9 Å². The average molecular weight is 395 g/mol. The first-order valence-electron chi connectivity index (χ1n) is 10.6. The number of likely N-dealkylation sites (tertiary alicyclic amines) is 1. The van der Waals surface area contributed by atoms with Crippen LogP contribution in [0.5, 0.6) is 5.75 Å².